The normalized spacial score (nSPS) is 13.7. The van der Waals surface area contributed by atoms with Crippen LogP contribution in [-0.4, -0.2) is 29.3 Å². The van der Waals surface area contributed by atoms with Crippen LogP contribution in [0.25, 0.3) is 0 Å². The molecule has 2 aromatic rings. The zero-order chi connectivity index (χ0) is 16.9. The standard InChI is InChI=1S/C17H16N4O3/c22-15-5-3-11-21(15)13-8-6-12(7-9-13)16(23)19-20-17(24)14-4-1-2-10-18-14/h1-2,4,6-10H,3,5,11H2,(H,19,23)(H,20,24). The molecule has 0 atom stereocenters. The van der Waals surface area contributed by atoms with Gasteiger partial charge in [0.2, 0.25) is 5.91 Å². The quantitative estimate of drug-likeness (QED) is 0.832. The van der Waals surface area contributed by atoms with E-state index in [1.54, 1.807) is 47.4 Å². The van der Waals surface area contributed by atoms with Crippen LogP contribution in [0.1, 0.15) is 33.7 Å². The number of benzene rings is 1. The number of carbonyl (C=O) groups is 3. The molecule has 1 aromatic heterocycles. The van der Waals surface area contributed by atoms with Gasteiger partial charge in [0.1, 0.15) is 5.69 Å². The summed E-state index contributed by atoms with van der Waals surface area (Å²) in [4.78, 5) is 41.2. The lowest BCUT2D eigenvalue weighted by Gasteiger charge is -2.15. The highest BCUT2D eigenvalue weighted by molar-refractivity contribution is 5.99. The van der Waals surface area contributed by atoms with Crippen LogP contribution in [-0.2, 0) is 4.79 Å². The van der Waals surface area contributed by atoms with E-state index in [0.717, 1.165) is 12.1 Å². The number of rotatable bonds is 3. The van der Waals surface area contributed by atoms with Gasteiger partial charge < -0.3 is 4.90 Å². The molecule has 0 bridgehead atoms. The molecule has 0 spiro atoms. The predicted molar refractivity (Wildman–Crippen MR) is 87.2 cm³/mol. The molecular weight excluding hydrogens is 308 g/mol. The number of hydrazine groups is 1. The Hall–Kier alpha value is -3.22. The minimum absolute atomic E-state index is 0.0924. The van der Waals surface area contributed by atoms with Crippen LogP contribution in [0.4, 0.5) is 5.69 Å². The minimum Gasteiger partial charge on any atom is -0.312 e. The van der Waals surface area contributed by atoms with Gasteiger partial charge in [-0.3, -0.25) is 30.2 Å². The summed E-state index contributed by atoms with van der Waals surface area (Å²) in [6, 6.07) is 11.6. The first-order valence-corrected chi connectivity index (χ1v) is 7.57. The number of nitrogens with zero attached hydrogens (tertiary/aromatic N) is 2. The van der Waals surface area contributed by atoms with Crippen LogP contribution < -0.4 is 15.8 Å². The number of amides is 3. The Morgan fingerprint density at radius 2 is 1.75 bits per heavy atom. The molecule has 1 aliphatic heterocycles. The van der Waals surface area contributed by atoms with Crippen molar-refractivity contribution in [1.29, 1.82) is 0 Å². The largest absolute Gasteiger partial charge is 0.312 e. The second kappa shape index (κ2) is 6.91. The third-order valence-electron chi connectivity index (χ3n) is 3.70. The zero-order valence-electron chi connectivity index (χ0n) is 12.9. The van der Waals surface area contributed by atoms with E-state index in [4.69, 9.17) is 0 Å². The lowest BCUT2D eigenvalue weighted by molar-refractivity contribution is -0.117. The predicted octanol–water partition coefficient (Wildman–Crippen LogP) is 1.28. The van der Waals surface area contributed by atoms with Gasteiger partial charge in [-0.1, -0.05) is 6.07 Å². The molecule has 7 heteroatoms. The van der Waals surface area contributed by atoms with Crippen molar-refractivity contribution in [2.24, 2.45) is 0 Å². The Balaban J connectivity index is 1.59. The fourth-order valence-electron chi connectivity index (χ4n) is 2.46. The van der Waals surface area contributed by atoms with Gasteiger partial charge in [-0.25, -0.2) is 0 Å². The summed E-state index contributed by atoms with van der Waals surface area (Å²) in [6.07, 6.45) is 2.90. The Morgan fingerprint density at radius 1 is 1.00 bits per heavy atom. The van der Waals surface area contributed by atoms with E-state index in [9.17, 15) is 14.4 Å². The summed E-state index contributed by atoms with van der Waals surface area (Å²) in [6.45, 7) is 0.699. The van der Waals surface area contributed by atoms with Crippen LogP contribution in [0.2, 0.25) is 0 Å². The molecule has 0 aliphatic carbocycles. The molecule has 7 nitrogen and oxygen atoms in total. The molecule has 1 aliphatic rings. The van der Waals surface area contributed by atoms with Crippen LogP contribution in [0.15, 0.2) is 48.7 Å². The summed E-state index contributed by atoms with van der Waals surface area (Å²) in [7, 11) is 0. The molecule has 2 heterocycles. The van der Waals surface area contributed by atoms with E-state index in [1.165, 1.54) is 6.20 Å². The van der Waals surface area contributed by atoms with Crippen molar-refractivity contribution >= 4 is 23.4 Å². The van der Waals surface area contributed by atoms with Crippen molar-refractivity contribution in [3.63, 3.8) is 0 Å². The third-order valence-corrected chi connectivity index (χ3v) is 3.70. The van der Waals surface area contributed by atoms with Crippen molar-refractivity contribution in [2.75, 3.05) is 11.4 Å². The molecule has 0 saturated carbocycles. The maximum Gasteiger partial charge on any atom is 0.288 e. The van der Waals surface area contributed by atoms with Gasteiger partial charge in [-0.15, -0.1) is 0 Å². The monoisotopic (exact) mass is 324 g/mol. The number of hydrogen-bond acceptors (Lipinski definition) is 4. The van der Waals surface area contributed by atoms with E-state index in [2.05, 4.69) is 15.8 Å². The smallest absolute Gasteiger partial charge is 0.288 e. The van der Waals surface area contributed by atoms with Gasteiger partial charge in [0.25, 0.3) is 11.8 Å². The number of nitrogens with one attached hydrogen (secondary N) is 2. The fraction of sp³-hybridized carbons (Fsp3) is 0.176. The van der Waals surface area contributed by atoms with E-state index in [1.807, 2.05) is 0 Å². The molecule has 2 N–H and O–H groups in total. The SMILES string of the molecule is O=C(NNC(=O)c1ccccn1)c1ccc(N2CCCC2=O)cc1. The summed E-state index contributed by atoms with van der Waals surface area (Å²) in [5.74, 6) is -0.850. The molecule has 3 rings (SSSR count). The average molecular weight is 324 g/mol. The number of pyridine rings is 1. The van der Waals surface area contributed by atoms with Gasteiger partial charge in [0.15, 0.2) is 0 Å². The highest BCUT2D eigenvalue weighted by Crippen LogP contribution is 2.21. The summed E-state index contributed by atoms with van der Waals surface area (Å²) >= 11 is 0. The van der Waals surface area contributed by atoms with Crippen LogP contribution >= 0.6 is 0 Å². The van der Waals surface area contributed by atoms with E-state index in [-0.39, 0.29) is 11.6 Å². The zero-order valence-corrected chi connectivity index (χ0v) is 12.9. The van der Waals surface area contributed by atoms with Gasteiger partial charge in [-0.05, 0) is 42.8 Å². The first-order valence-electron chi connectivity index (χ1n) is 7.57. The van der Waals surface area contributed by atoms with Crippen molar-refractivity contribution in [1.82, 2.24) is 15.8 Å². The molecule has 1 fully saturated rings. The Bertz CT molecular complexity index is 759. The second-order valence-corrected chi connectivity index (χ2v) is 5.32. The molecule has 122 valence electrons. The minimum atomic E-state index is -0.497. The van der Waals surface area contributed by atoms with Gasteiger partial charge in [0, 0.05) is 30.4 Å². The van der Waals surface area contributed by atoms with Crippen LogP contribution in [0.3, 0.4) is 0 Å². The molecule has 0 unspecified atom stereocenters. The maximum atomic E-state index is 12.1. The van der Waals surface area contributed by atoms with Gasteiger partial charge in [-0.2, -0.15) is 0 Å². The van der Waals surface area contributed by atoms with Gasteiger partial charge >= 0.3 is 0 Å². The van der Waals surface area contributed by atoms with Crippen molar-refractivity contribution < 1.29 is 14.4 Å². The van der Waals surface area contributed by atoms with E-state index in [0.29, 0.717) is 18.5 Å². The lowest BCUT2D eigenvalue weighted by Crippen LogP contribution is -2.41. The van der Waals surface area contributed by atoms with E-state index >= 15 is 0 Å². The van der Waals surface area contributed by atoms with E-state index < -0.39 is 11.8 Å². The highest BCUT2D eigenvalue weighted by atomic mass is 16.2. The number of hydrogen-bond donors (Lipinski definition) is 2. The number of carbonyl (C=O) groups excluding carboxylic acids is 3. The molecule has 1 saturated heterocycles. The Kier molecular flexibility index (Phi) is 4.51. The molecule has 0 radical (unpaired) electrons. The fourth-order valence-corrected chi connectivity index (χ4v) is 2.46. The summed E-state index contributed by atoms with van der Waals surface area (Å²) in [5, 5.41) is 0. The lowest BCUT2D eigenvalue weighted by atomic mass is 10.2. The molecule has 24 heavy (non-hydrogen) atoms. The van der Waals surface area contributed by atoms with Crippen molar-refractivity contribution in [2.45, 2.75) is 12.8 Å². The third kappa shape index (κ3) is 3.40. The topological polar surface area (TPSA) is 91.4 Å². The van der Waals surface area contributed by atoms with Gasteiger partial charge in [0.05, 0.1) is 0 Å². The Morgan fingerprint density at radius 3 is 2.38 bits per heavy atom. The second-order valence-electron chi connectivity index (χ2n) is 5.32. The van der Waals surface area contributed by atoms with Crippen LogP contribution in [0, 0.1) is 0 Å². The maximum absolute atomic E-state index is 12.1. The summed E-state index contributed by atoms with van der Waals surface area (Å²) in [5.41, 5.74) is 6.00. The number of aromatic nitrogens is 1. The first-order chi connectivity index (χ1) is 11.6. The highest BCUT2D eigenvalue weighted by Gasteiger charge is 2.21. The first kappa shape index (κ1) is 15.7. The number of anilines is 1. The Labute approximate surface area is 138 Å². The van der Waals surface area contributed by atoms with Crippen LogP contribution in [0.5, 0.6) is 0 Å². The van der Waals surface area contributed by atoms with Crippen molar-refractivity contribution in [3.8, 4) is 0 Å². The van der Waals surface area contributed by atoms with Crippen molar-refractivity contribution in [3.05, 3.63) is 59.9 Å². The molecule has 1 aromatic carbocycles. The molecular formula is C17H16N4O3. The summed E-state index contributed by atoms with van der Waals surface area (Å²) < 4.78 is 0. The molecule has 3 amide bonds. The average Bonchev–Trinajstić information content (AvgIpc) is 3.06.